The van der Waals surface area contributed by atoms with Gasteiger partial charge in [0.1, 0.15) is 0 Å². The Morgan fingerprint density at radius 3 is 2.20 bits per heavy atom. The SMILES string of the molecule is BrCCCCN1CCC2(CCCC2)CC1. The molecule has 2 rings (SSSR count). The van der Waals surface area contributed by atoms with Crippen molar-refractivity contribution in [1.82, 2.24) is 4.90 Å². The normalized spacial score (nSPS) is 26.2. The number of unbranched alkanes of at least 4 members (excludes halogenated alkanes) is 1. The summed E-state index contributed by atoms with van der Waals surface area (Å²) in [5, 5.41) is 1.17. The Labute approximate surface area is 103 Å². The van der Waals surface area contributed by atoms with Crippen LogP contribution in [-0.2, 0) is 0 Å². The molecule has 1 heterocycles. The minimum atomic E-state index is 0.798. The van der Waals surface area contributed by atoms with Crippen molar-refractivity contribution in [3.8, 4) is 0 Å². The molecule has 1 saturated heterocycles. The molecule has 0 unspecified atom stereocenters. The van der Waals surface area contributed by atoms with Gasteiger partial charge in [-0.3, -0.25) is 0 Å². The molecule has 0 amide bonds. The molecule has 15 heavy (non-hydrogen) atoms. The molecule has 1 saturated carbocycles. The van der Waals surface area contributed by atoms with Gasteiger partial charge in [-0.1, -0.05) is 28.8 Å². The van der Waals surface area contributed by atoms with Gasteiger partial charge in [0.15, 0.2) is 0 Å². The highest BCUT2D eigenvalue weighted by Crippen LogP contribution is 2.45. The van der Waals surface area contributed by atoms with E-state index in [4.69, 9.17) is 0 Å². The number of halogens is 1. The van der Waals surface area contributed by atoms with Gasteiger partial charge in [0, 0.05) is 5.33 Å². The zero-order chi connectivity index (χ0) is 10.6. The number of hydrogen-bond acceptors (Lipinski definition) is 1. The molecule has 88 valence electrons. The van der Waals surface area contributed by atoms with Crippen molar-refractivity contribution >= 4 is 15.9 Å². The van der Waals surface area contributed by atoms with Crippen LogP contribution in [-0.4, -0.2) is 29.9 Å². The number of piperidine rings is 1. The average Bonchev–Trinajstić information content (AvgIpc) is 2.71. The molecule has 1 aliphatic heterocycles. The third kappa shape index (κ3) is 3.20. The van der Waals surface area contributed by atoms with E-state index in [1.807, 2.05) is 0 Å². The monoisotopic (exact) mass is 273 g/mol. The van der Waals surface area contributed by atoms with Crippen molar-refractivity contribution in [1.29, 1.82) is 0 Å². The van der Waals surface area contributed by atoms with Crippen LogP contribution in [0.3, 0.4) is 0 Å². The smallest absolute Gasteiger partial charge is 0.00317 e. The summed E-state index contributed by atoms with van der Waals surface area (Å²) in [4.78, 5) is 2.69. The van der Waals surface area contributed by atoms with E-state index in [2.05, 4.69) is 20.8 Å². The van der Waals surface area contributed by atoms with Gasteiger partial charge in [-0.15, -0.1) is 0 Å². The number of hydrogen-bond donors (Lipinski definition) is 0. The summed E-state index contributed by atoms with van der Waals surface area (Å²) in [7, 11) is 0. The van der Waals surface area contributed by atoms with E-state index >= 15 is 0 Å². The van der Waals surface area contributed by atoms with Crippen molar-refractivity contribution in [2.24, 2.45) is 5.41 Å². The number of nitrogens with zero attached hydrogens (tertiary/aromatic N) is 1. The van der Waals surface area contributed by atoms with Crippen LogP contribution in [0.25, 0.3) is 0 Å². The Balaban J connectivity index is 1.67. The highest BCUT2D eigenvalue weighted by Gasteiger charge is 2.36. The Morgan fingerprint density at radius 2 is 1.60 bits per heavy atom. The highest BCUT2D eigenvalue weighted by atomic mass is 79.9. The Morgan fingerprint density at radius 1 is 0.933 bits per heavy atom. The van der Waals surface area contributed by atoms with Crippen LogP contribution in [0.5, 0.6) is 0 Å². The summed E-state index contributed by atoms with van der Waals surface area (Å²) in [6, 6.07) is 0. The largest absolute Gasteiger partial charge is 0.303 e. The molecule has 0 aromatic heterocycles. The molecule has 2 heteroatoms. The number of alkyl halides is 1. The fraction of sp³-hybridized carbons (Fsp3) is 1.00. The summed E-state index contributed by atoms with van der Waals surface area (Å²) >= 11 is 3.50. The van der Waals surface area contributed by atoms with Crippen LogP contribution in [0.2, 0.25) is 0 Å². The Bertz CT molecular complexity index is 177. The Hall–Kier alpha value is 0.440. The quantitative estimate of drug-likeness (QED) is 0.556. The molecule has 1 spiro atoms. The van der Waals surface area contributed by atoms with E-state index < -0.39 is 0 Å². The maximum absolute atomic E-state index is 3.50. The topological polar surface area (TPSA) is 3.24 Å². The standard InChI is InChI=1S/C13H24BrN/c14-9-3-4-10-15-11-7-13(8-12-15)5-1-2-6-13/h1-12H2. The lowest BCUT2D eigenvalue weighted by atomic mass is 9.77. The summed E-state index contributed by atoms with van der Waals surface area (Å²) < 4.78 is 0. The van der Waals surface area contributed by atoms with Gasteiger partial charge < -0.3 is 4.90 Å². The predicted molar refractivity (Wildman–Crippen MR) is 69.6 cm³/mol. The van der Waals surface area contributed by atoms with Gasteiger partial charge in [0.2, 0.25) is 0 Å². The van der Waals surface area contributed by atoms with Crippen LogP contribution < -0.4 is 0 Å². The summed E-state index contributed by atoms with van der Waals surface area (Å²) in [6.45, 7) is 4.09. The zero-order valence-electron chi connectivity index (χ0n) is 9.81. The number of likely N-dealkylation sites (tertiary alicyclic amines) is 1. The average molecular weight is 274 g/mol. The molecule has 1 nitrogen and oxygen atoms in total. The second-order valence-corrected chi connectivity index (χ2v) is 6.24. The maximum Gasteiger partial charge on any atom is 0.00317 e. The van der Waals surface area contributed by atoms with Gasteiger partial charge in [-0.2, -0.15) is 0 Å². The zero-order valence-corrected chi connectivity index (χ0v) is 11.4. The fourth-order valence-electron chi connectivity index (χ4n) is 3.31. The first-order chi connectivity index (χ1) is 7.35. The van der Waals surface area contributed by atoms with E-state index in [1.165, 1.54) is 76.3 Å². The van der Waals surface area contributed by atoms with Gasteiger partial charge in [0.25, 0.3) is 0 Å². The van der Waals surface area contributed by atoms with Crippen LogP contribution in [0.4, 0.5) is 0 Å². The molecule has 0 bridgehead atoms. The molecule has 2 aliphatic rings. The van der Waals surface area contributed by atoms with Crippen molar-refractivity contribution < 1.29 is 0 Å². The first-order valence-corrected chi connectivity index (χ1v) is 7.75. The van der Waals surface area contributed by atoms with Crippen molar-refractivity contribution in [3.63, 3.8) is 0 Å². The van der Waals surface area contributed by atoms with Crippen LogP contribution in [0.1, 0.15) is 51.4 Å². The molecule has 1 aliphatic carbocycles. The van der Waals surface area contributed by atoms with Crippen LogP contribution >= 0.6 is 15.9 Å². The second-order valence-electron chi connectivity index (χ2n) is 5.44. The molecule has 0 radical (unpaired) electrons. The van der Waals surface area contributed by atoms with Gasteiger partial charge in [-0.05, 0) is 63.6 Å². The molecule has 0 N–H and O–H groups in total. The summed E-state index contributed by atoms with van der Waals surface area (Å²) in [6.07, 6.45) is 11.8. The molecular weight excluding hydrogens is 250 g/mol. The van der Waals surface area contributed by atoms with Crippen molar-refractivity contribution in [2.45, 2.75) is 51.4 Å². The molecule has 0 aromatic rings. The highest BCUT2D eigenvalue weighted by molar-refractivity contribution is 9.09. The van der Waals surface area contributed by atoms with Gasteiger partial charge in [-0.25, -0.2) is 0 Å². The molecule has 2 fully saturated rings. The molecular formula is C13H24BrN. The van der Waals surface area contributed by atoms with Crippen molar-refractivity contribution in [3.05, 3.63) is 0 Å². The van der Waals surface area contributed by atoms with Gasteiger partial charge >= 0.3 is 0 Å². The summed E-state index contributed by atoms with van der Waals surface area (Å²) in [5.41, 5.74) is 0.798. The molecule has 0 atom stereocenters. The number of rotatable bonds is 4. The Kier molecular flexibility index (Phi) is 4.51. The second kappa shape index (κ2) is 5.67. The summed E-state index contributed by atoms with van der Waals surface area (Å²) in [5.74, 6) is 0. The van der Waals surface area contributed by atoms with E-state index in [0.717, 1.165) is 5.41 Å². The van der Waals surface area contributed by atoms with E-state index in [0.29, 0.717) is 0 Å². The predicted octanol–water partition coefficient (Wildman–Crippen LogP) is 3.82. The van der Waals surface area contributed by atoms with E-state index in [9.17, 15) is 0 Å². The first kappa shape index (κ1) is 11.9. The third-order valence-corrected chi connectivity index (χ3v) is 5.00. The lowest BCUT2D eigenvalue weighted by molar-refractivity contribution is 0.108. The van der Waals surface area contributed by atoms with Gasteiger partial charge in [0.05, 0.1) is 0 Å². The minimum Gasteiger partial charge on any atom is -0.303 e. The lowest BCUT2D eigenvalue weighted by Gasteiger charge is -2.39. The van der Waals surface area contributed by atoms with E-state index in [1.54, 1.807) is 0 Å². The molecule has 0 aromatic carbocycles. The van der Waals surface area contributed by atoms with Crippen molar-refractivity contribution in [2.75, 3.05) is 25.0 Å². The third-order valence-electron chi connectivity index (χ3n) is 4.44. The first-order valence-electron chi connectivity index (χ1n) is 6.63. The maximum atomic E-state index is 3.50. The fourth-order valence-corrected chi connectivity index (χ4v) is 3.70. The lowest BCUT2D eigenvalue weighted by Crippen LogP contribution is -2.39. The van der Waals surface area contributed by atoms with Crippen LogP contribution in [0, 0.1) is 5.41 Å². The minimum absolute atomic E-state index is 0.798. The van der Waals surface area contributed by atoms with E-state index in [-0.39, 0.29) is 0 Å². The van der Waals surface area contributed by atoms with Crippen LogP contribution in [0.15, 0.2) is 0 Å².